The van der Waals surface area contributed by atoms with Crippen LogP contribution in [0, 0.1) is 12.7 Å². The van der Waals surface area contributed by atoms with E-state index >= 15 is 0 Å². The number of benzene rings is 1. The van der Waals surface area contributed by atoms with E-state index in [1.165, 1.54) is 6.07 Å². The van der Waals surface area contributed by atoms with Gasteiger partial charge >= 0.3 is 0 Å². The number of nitrogens with zero attached hydrogens (tertiary/aromatic N) is 1. The molecule has 0 fully saturated rings. The highest BCUT2D eigenvalue weighted by atomic mass is 19.1. The third kappa shape index (κ3) is 2.95. The van der Waals surface area contributed by atoms with Gasteiger partial charge in [0.1, 0.15) is 24.0 Å². The number of hydrazine groups is 1. The normalized spacial score (nSPS) is 10.2. The number of aromatic nitrogens is 1. The van der Waals surface area contributed by atoms with Crippen LogP contribution in [-0.4, -0.2) is 4.98 Å². The number of hydrogen-bond donors (Lipinski definition) is 2. The van der Waals surface area contributed by atoms with Gasteiger partial charge < -0.3 is 10.2 Å². The monoisotopic (exact) mass is 247 g/mol. The molecule has 0 aliphatic carbocycles. The molecule has 0 saturated carbocycles. The summed E-state index contributed by atoms with van der Waals surface area (Å²) in [6.07, 6.45) is 1.63. The molecular formula is C13H14FN3O. The van der Waals surface area contributed by atoms with Crippen molar-refractivity contribution in [1.82, 2.24) is 4.98 Å². The van der Waals surface area contributed by atoms with E-state index in [0.717, 1.165) is 5.56 Å². The molecule has 2 aromatic rings. The highest BCUT2D eigenvalue weighted by molar-refractivity contribution is 5.36. The Bertz CT molecular complexity index is 546. The Morgan fingerprint density at radius 1 is 1.33 bits per heavy atom. The fraction of sp³-hybridized carbons (Fsp3) is 0.154. The summed E-state index contributed by atoms with van der Waals surface area (Å²) >= 11 is 0. The number of nitrogens with one attached hydrogen (secondary N) is 1. The zero-order valence-electron chi connectivity index (χ0n) is 9.98. The van der Waals surface area contributed by atoms with Crippen molar-refractivity contribution < 1.29 is 9.13 Å². The van der Waals surface area contributed by atoms with Crippen molar-refractivity contribution in [2.75, 3.05) is 5.43 Å². The molecule has 2 rings (SSSR count). The van der Waals surface area contributed by atoms with Gasteiger partial charge in [0, 0.05) is 12.3 Å². The van der Waals surface area contributed by atoms with Gasteiger partial charge in [-0.3, -0.25) is 0 Å². The Morgan fingerprint density at radius 3 is 2.89 bits per heavy atom. The van der Waals surface area contributed by atoms with Crippen LogP contribution >= 0.6 is 0 Å². The lowest BCUT2D eigenvalue weighted by atomic mass is 10.2. The molecule has 0 amide bonds. The fourth-order valence-corrected chi connectivity index (χ4v) is 1.47. The molecule has 0 saturated heterocycles. The highest BCUT2D eigenvalue weighted by Crippen LogP contribution is 2.17. The maximum Gasteiger partial charge on any atom is 0.140 e. The zero-order chi connectivity index (χ0) is 13.0. The van der Waals surface area contributed by atoms with E-state index in [-0.39, 0.29) is 5.82 Å². The van der Waals surface area contributed by atoms with Gasteiger partial charge in [-0.25, -0.2) is 15.2 Å². The van der Waals surface area contributed by atoms with Gasteiger partial charge in [-0.05, 0) is 36.2 Å². The number of nitrogens with two attached hydrogens (primary N) is 1. The molecule has 0 bridgehead atoms. The van der Waals surface area contributed by atoms with Crippen molar-refractivity contribution in [3.8, 4) is 5.75 Å². The number of hydrogen-bond acceptors (Lipinski definition) is 4. The molecule has 0 aliphatic rings. The number of aryl methyl sites for hydroxylation is 1. The van der Waals surface area contributed by atoms with Crippen LogP contribution in [-0.2, 0) is 6.61 Å². The maximum absolute atomic E-state index is 13.3. The van der Waals surface area contributed by atoms with Crippen LogP contribution in [0.1, 0.15) is 11.1 Å². The average Bonchev–Trinajstić information content (AvgIpc) is 2.40. The fourth-order valence-electron chi connectivity index (χ4n) is 1.47. The number of pyridine rings is 1. The Hall–Kier alpha value is -2.14. The summed E-state index contributed by atoms with van der Waals surface area (Å²) in [5.41, 5.74) is 3.96. The molecule has 0 aliphatic heterocycles. The molecule has 0 unspecified atom stereocenters. The molecule has 1 heterocycles. The molecule has 18 heavy (non-hydrogen) atoms. The van der Waals surface area contributed by atoms with Crippen LogP contribution in [0.3, 0.4) is 0 Å². The van der Waals surface area contributed by atoms with Crippen LogP contribution in [0.4, 0.5) is 10.2 Å². The van der Waals surface area contributed by atoms with Crippen LogP contribution in [0.15, 0.2) is 36.5 Å². The minimum atomic E-state index is -0.272. The smallest absolute Gasteiger partial charge is 0.140 e. The second kappa shape index (κ2) is 5.46. The minimum Gasteiger partial charge on any atom is -0.489 e. The Kier molecular flexibility index (Phi) is 3.74. The van der Waals surface area contributed by atoms with E-state index in [4.69, 9.17) is 10.6 Å². The number of ether oxygens (including phenoxy) is 1. The molecule has 5 heteroatoms. The van der Waals surface area contributed by atoms with Crippen LogP contribution in [0.2, 0.25) is 0 Å². The van der Waals surface area contributed by atoms with Crippen LogP contribution in [0.5, 0.6) is 5.75 Å². The Morgan fingerprint density at radius 2 is 2.17 bits per heavy atom. The first-order valence-electron chi connectivity index (χ1n) is 5.49. The molecular weight excluding hydrogens is 233 g/mol. The minimum absolute atomic E-state index is 0.272. The summed E-state index contributed by atoms with van der Waals surface area (Å²) in [5, 5.41) is 0. The predicted octanol–water partition coefficient (Wildman–Crippen LogP) is 2.39. The van der Waals surface area contributed by atoms with E-state index in [0.29, 0.717) is 23.7 Å². The molecule has 3 N–H and O–H groups in total. The SMILES string of the molecule is Cc1ccc(OCc2ccnc(NN)c2)cc1F. The molecule has 4 nitrogen and oxygen atoms in total. The summed E-state index contributed by atoms with van der Waals surface area (Å²) in [6, 6.07) is 8.38. The van der Waals surface area contributed by atoms with Crippen LogP contribution in [0.25, 0.3) is 0 Å². The van der Waals surface area contributed by atoms with E-state index in [2.05, 4.69) is 10.4 Å². The topological polar surface area (TPSA) is 60.2 Å². The van der Waals surface area contributed by atoms with E-state index in [1.54, 1.807) is 31.3 Å². The third-order valence-electron chi connectivity index (χ3n) is 2.52. The Balaban J connectivity index is 2.04. The van der Waals surface area contributed by atoms with Crippen LogP contribution < -0.4 is 16.0 Å². The largest absolute Gasteiger partial charge is 0.489 e. The summed E-state index contributed by atoms with van der Waals surface area (Å²) in [4.78, 5) is 3.99. The van der Waals surface area contributed by atoms with Gasteiger partial charge in [-0.15, -0.1) is 0 Å². The summed E-state index contributed by atoms with van der Waals surface area (Å²) in [5.74, 6) is 6.05. The van der Waals surface area contributed by atoms with Crippen molar-refractivity contribution in [3.05, 3.63) is 53.5 Å². The van der Waals surface area contributed by atoms with Gasteiger partial charge in [0.05, 0.1) is 0 Å². The number of rotatable bonds is 4. The van der Waals surface area contributed by atoms with Gasteiger partial charge in [-0.2, -0.15) is 0 Å². The maximum atomic E-state index is 13.3. The second-order valence-corrected chi connectivity index (χ2v) is 3.89. The van der Waals surface area contributed by atoms with E-state index in [1.807, 2.05) is 6.07 Å². The molecule has 1 aromatic heterocycles. The van der Waals surface area contributed by atoms with E-state index in [9.17, 15) is 4.39 Å². The van der Waals surface area contributed by atoms with Crippen molar-refractivity contribution in [1.29, 1.82) is 0 Å². The lowest BCUT2D eigenvalue weighted by Gasteiger charge is -2.08. The first-order valence-corrected chi connectivity index (χ1v) is 5.49. The van der Waals surface area contributed by atoms with Gasteiger partial charge in [0.15, 0.2) is 0 Å². The van der Waals surface area contributed by atoms with Crippen molar-refractivity contribution >= 4 is 5.82 Å². The summed E-state index contributed by atoms with van der Waals surface area (Å²) in [7, 11) is 0. The molecule has 1 aromatic carbocycles. The summed E-state index contributed by atoms with van der Waals surface area (Å²) < 4.78 is 18.8. The number of nitrogen functional groups attached to an aromatic ring is 1. The molecule has 0 spiro atoms. The van der Waals surface area contributed by atoms with Gasteiger partial charge in [0.25, 0.3) is 0 Å². The highest BCUT2D eigenvalue weighted by Gasteiger charge is 2.01. The Labute approximate surface area is 105 Å². The van der Waals surface area contributed by atoms with Gasteiger partial charge in [0.2, 0.25) is 0 Å². The first kappa shape index (κ1) is 12.3. The van der Waals surface area contributed by atoms with Gasteiger partial charge in [-0.1, -0.05) is 6.07 Å². The summed E-state index contributed by atoms with van der Waals surface area (Å²) in [6.45, 7) is 2.04. The second-order valence-electron chi connectivity index (χ2n) is 3.89. The standard InChI is InChI=1S/C13H14FN3O/c1-9-2-3-11(7-12(9)14)18-8-10-4-5-16-13(6-10)17-15/h2-7H,8,15H2,1H3,(H,16,17). The number of halogens is 1. The number of anilines is 1. The lowest BCUT2D eigenvalue weighted by Crippen LogP contribution is -2.09. The quantitative estimate of drug-likeness (QED) is 0.643. The lowest BCUT2D eigenvalue weighted by molar-refractivity contribution is 0.304. The van der Waals surface area contributed by atoms with Crippen molar-refractivity contribution in [2.24, 2.45) is 5.84 Å². The predicted molar refractivity (Wildman–Crippen MR) is 67.5 cm³/mol. The van der Waals surface area contributed by atoms with Crippen molar-refractivity contribution in [2.45, 2.75) is 13.5 Å². The molecule has 0 radical (unpaired) electrons. The zero-order valence-corrected chi connectivity index (χ0v) is 9.98. The third-order valence-corrected chi connectivity index (χ3v) is 2.52. The molecule has 0 atom stereocenters. The van der Waals surface area contributed by atoms with E-state index < -0.39 is 0 Å². The average molecular weight is 247 g/mol. The first-order chi connectivity index (χ1) is 8.69. The van der Waals surface area contributed by atoms with Crippen molar-refractivity contribution in [3.63, 3.8) is 0 Å². The molecule has 94 valence electrons.